The van der Waals surface area contributed by atoms with Gasteiger partial charge in [0.15, 0.2) is 0 Å². The van der Waals surface area contributed by atoms with Gasteiger partial charge < -0.3 is 16.8 Å². The summed E-state index contributed by atoms with van der Waals surface area (Å²) in [5, 5.41) is 2.71. The molecule has 0 unspecified atom stereocenters. The standard InChI is InChI=1S/C12H15N3O2S/c13-7-1-3-9-5-6-10(18-9)12(17)15-8-2-4-11(14)16/h5-6H,2,4,7-8,13H2,(H2,14,16)(H,15,17). The summed E-state index contributed by atoms with van der Waals surface area (Å²) in [4.78, 5) is 23.6. The van der Waals surface area contributed by atoms with Gasteiger partial charge in [-0.3, -0.25) is 9.59 Å². The van der Waals surface area contributed by atoms with Gasteiger partial charge in [0.1, 0.15) is 0 Å². The summed E-state index contributed by atoms with van der Waals surface area (Å²) in [6.07, 6.45) is 0.824. The molecule has 1 rings (SSSR count). The van der Waals surface area contributed by atoms with Crippen molar-refractivity contribution in [1.82, 2.24) is 5.32 Å². The third-order valence-electron chi connectivity index (χ3n) is 2.03. The Bertz CT molecular complexity index is 485. The van der Waals surface area contributed by atoms with E-state index in [2.05, 4.69) is 17.2 Å². The molecule has 0 aliphatic carbocycles. The summed E-state index contributed by atoms with van der Waals surface area (Å²) >= 11 is 1.31. The summed E-state index contributed by atoms with van der Waals surface area (Å²) in [5.74, 6) is 5.07. The first-order chi connectivity index (χ1) is 8.63. The van der Waals surface area contributed by atoms with Crippen LogP contribution in [0.4, 0.5) is 0 Å². The number of hydrogen-bond acceptors (Lipinski definition) is 4. The molecule has 0 radical (unpaired) electrons. The second-order valence-corrected chi connectivity index (χ2v) is 4.58. The van der Waals surface area contributed by atoms with Gasteiger partial charge in [0, 0.05) is 13.0 Å². The minimum atomic E-state index is -0.361. The van der Waals surface area contributed by atoms with Crippen LogP contribution in [0.25, 0.3) is 0 Å². The number of primary amides is 1. The number of hydrogen-bond donors (Lipinski definition) is 3. The summed E-state index contributed by atoms with van der Waals surface area (Å²) in [6.45, 7) is 0.732. The van der Waals surface area contributed by atoms with Crippen LogP contribution in [-0.2, 0) is 4.79 Å². The Kier molecular flexibility index (Phi) is 5.91. The topological polar surface area (TPSA) is 98.2 Å². The molecule has 18 heavy (non-hydrogen) atoms. The molecule has 0 spiro atoms. The zero-order chi connectivity index (χ0) is 13.4. The molecule has 5 N–H and O–H groups in total. The average molecular weight is 265 g/mol. The fraction of sp³-hybridized carbons (Fsp3) is 0.333. The van der Waals surface area contributed by atoms with Gasteiger partial charge in [0.05, 0.1) is 16.3 Å². The molecule has 6 heteroatoms. The van der Waals surface area contributed by atoms with Crippen LogP contribution in [0.5, 0.6) is 0 Å². The third kappa shape index (κ3) is 4.99. The number of nitrogens with two attached hydrogens (primary N) is 2. The van der Waals surface area contributed by atoms with E-state index < -0.39 is 0 Å². The van der Waals surface area contributed by atoms with E-state index in [0.29, 0.717) is 24.4 Å². The molecular formula is C12H15N3O2S. The van der Waals surface area contributed by atoms with E-state index in [1.807, 2.05) is 0 Å². The molecule has 0 bridgehead atoms. The summed E-state index contributed by atoms with van der Waals surface area (Å²) in [5.41, 5.74) is 10.3. The molecular weight excluding hydrogens is 250 g/mol. The Labute approximate surface area is 110 Å². The molecule has 0 atom stereocenters. The summed E-state index contributed by atoms with van der Waals surface area (Å²) < 4.78 is 0. The summed E-state index contributed by atoms with van der Waals surface area (Å²) in [7, 11) is 0. The lowest BCUT2D eigenvalue weighted by atomic mass is 10.3. The minimum Gasteiger partial charge on any atom is -0.370 e. The van der Waals surface area contributed by atoms with Gasteiger partial charge in [-0.2, -0.15) is 0 Å². The molecule has 0 saturated carbocycles. The van der Waals surface area contributed by atoms with E-state index >= 15 is 0 Å². The van der Waals surface area contributed by atoms with Gasteiger partial charge in [-0.1, -0.05) is 11.8 Å². The first-order valence-electron chi connectivity index (χ1n) is 5.48. The molecule has 0 saturated heterocycles. The van der Waals surface area contributed by atoms with Crippen molar-refractivity contribution in [2.24, 2.45) is 11.5 Å². The maximum atomic E-state index is 11.7. The highest BCUT2D eigenvalue weighted by atomic mass is 32.1. The highest BCUT2D eigenvalue weighted by Crippen LogP contribution is 2.15. The fourth-order valence-corrected chi connectivity index (χ4v) is 2.01. The Morgan fingerprint density at radius 2 is 2.17 bits per heavy atom. The van der Waals surface area contributed by atoms with Crippen molar-refractivity contribution in [2.45, 2.75) is 12.8 Å². The first kappa shape index (κ1) is 14.2. The largest absolute Gasteiger partial charge is 0.370 e. The number of carbonyl (C=O) groups is 2. The van der Waals surface area contributed by atoms with E-state index in [1.54, 1.807) is 12.1 Å². The summed E-state index contributed by atoms with van der Waals surface area (Å²) in [6, 6.07) is 3.50. The Hall–Kier alpha value is -1.84. The van der Waals surface area contributed by atoms with Gasteiger partial charge in [-0.25, -0.2) is 0 Å². The Morgan fingerprint density at radius 3 is 2.83 bits per heavy atom. The van der Waals surface area contributed by atoms with E-state index in [1.165, 1.54) is 11.3 Å². The van der Waals surface area contributed by atoms with Crippen LogP contribution in [-0.4, -0.2) is 24.9 Å². The lowest BCUT2D eigenvalue weighted by molar-refractivity contribution is -0.118. The third-order valence-corrected chi connectivity index (χ3v) is 3.03. The fourth-order valence-electron chi connectivity index (χ4n) is 1.22. The zero-order valence-electron chi connectivity index (χ0n) is 9.86. The van der Waals surface area contributed by atoms with Crippen LogP contribution in [0.3, 0.4) is 0 Å². The predicted molar refractivity (Wildman–Crippen MR) is 71.0 cm³/mol. The molecule has 2 amide bonds. The quantitative estimate of drug-likeness (QED) is 0.518. The Balaban J connectivity index is 2.42. The number of thiophene rings is 1. The van der Waals surface area contributed by atoms with Crippen molar-refractivity contribution in [2.75, 3.05) is 13.1 Å². The van der Waals surface area contributed by atoms with Crippen molar-refractivity contribution in [1.29, 1.82) is 0 Å². The lowest BCUT2D eigenvalue weighted by Gasteiger charge is -2.01. The number of nitrogens with one attached hydrogen (secondary N) is 1. The smallest absolute Gasteiger partial charge is 0.261 e. The van der Waals surface area contributed by atoms with Gasteiger partial charge in [-0.15, -0.1) is 11.3 Å². The van der Waals surface area contributed by atoms with Crippen molar-refractivity contribution in [3.8, 4) is 11.8 Å². The number of carbonyl (C=O) groups excluding carboxylic acids is 2. The predicted octanol–water partition coefficient (Wildman–Crippen LogP) is 0.0536. The van der Waals surface area contributed by atoms with E-state index in [0.717, 1.165) is 4.88 Å². The average Bonchev–Trinajstić information content (AvgIpc) is 2.80. The van der Waals surface area contributed by atoms with Crippen molar-refractivity contribution in [3.63, 3.8) is 0 Å². The maximum absolute atomic E-state index is 11.7. The van der Waals surface area contributed by atoms with Crippen molar-refractivity contribution >= 4 is 23.2 Å². The monoisotopic (exact) mass is 265 g/mol. The molecule has 1 aromatic rings. The first-order valence-corrected chi connectivity index (χ1v) is 6.30. The van der Waals surface area contributed by atoms with Crippen LogP contribution in [0, 0.1) is 11.8 Å². The van der Waals surface area contributed by atoms with E-state index in [4.69, 9.17) is 11.5 Å². The normalized spacial score (nSPS) is 9.39. The zero-order valence-corrected chi connectivity index (χ0v) is 10.7. The van der Waals surface area contributed by atoms with Crippen LogP contribution in [0.2, 0.25) is 0 Å². The highest BCUT2D eigenvalue weighted by molar-refractivity contribution is 7.14. The van der Waals surface area contributed by atoms with Gasteiger partial charge in [0.25, 0.3) is 5.91 Å². The molecule has 1 aromatic heterocycles. The van der Waals surface area contributed by atoms with Crippen LogP contribution >= 0.6 is 11.3 Å². The van der Waals surface area contributed by atoms with Crippen molar-refractivity contribution < 1.29 is 9.59 Å². The highest BCUT2D eigenvalue weighted by Gasteiger charge is 2.07. The number of rotatable bonds is 5. The molecule has 96 valence electrons. The number of amides is 2. The minimum absolute atomic E-state index is 0.162. The van der Waals surface area contributed by atoms with E-state index in [-0.39, 0.29) is 18.2 Å². The second kappa shape index (κ2) is 7.48. The Morgan fingerprint density at radius 1 is 1.39 bits per heavy atom. The lowest BCUT2D eigenvalue weighted by Crippen LogP contribution is -2.24. The van der Waals surface area contributed by atoms with Crippen LogP contribution in [0.15, 0.2) is 12.1 Å². The van der Waals surface area contributed by atoms with Crippen LogP contribution < -0.4 is 16.8 Å². The molecule has 0 aliphatic rings. The second-order valence-electron chi connectivity index (χ2n) is 3.50. The van der Waals surface area contributed by atoms with Crippen LogP contribution in [0.1, 0.15) is 27.4 Å². The molecule has 0 aliphatic heterocycles. The van der Waals surface area contributed by atoms with Gasteiger partial charge in [0.2, 0.25) is 5.91 Å². The SMILES string of the molecule is NCC#Cc1ccc(C(=O)NCCCC(N)=O)s1. The van der Waals surface area contributed by atoms with Crippen molar-refractivity contribution in [3.05, 3.63) is 21.9 Å². The molecule has 1 heterocycles. The molecule has 5 nitrogen and oxygen atoms in total. The molecule has 0 fully saturated rings. The van der Waals surface area contributed by atoms with E-state index in [9.17, 15) is 9.59 Å². The van der Waals surface area contributed by atoms with Gasteiger partial charge in [-0.05, 0) is 18.6 Å². The van der Waals surface area contributed by atoms with Gasteiger partial charge >= 0.3 is 0 Å². The molecule has 0 aromatic carbocycles. The maximum Gasteiger partial charge on any atom is 0.261 e.